The summed E-state index contributed by atoms with van der Waals surface area (Å²) < 4.78 is 21.7. The minimum atomic E-state index is -1.25. The second-order valence-corrected chi connectivity index (χ2v) is 18.5. The van der Waals surface area contributed by atoms with Crippen LogP contribution in [0.3, 0.4) is 0 Å². The third-order valence-electron chi connectivity index (χ3n) is 7.75. The van der Waals surface area contributed by atoms with Crippen LogP contribution in [0.1, 0.15) is 54.8 Å². The molecule has 2 aliphatic rings. The maximum absolute atomic E-state index is 11.4. The Balaban J connectivity index is 1.47. The number of amides is 1. The number of hydrogen-bond donors (Lipinski definition) is 1. The van der Waals surface area contributed by atoms with Gasteiger partial charge in [-0.15, -0.1) is 0 Å². The quantitative estimate of drug-likeness (QED) is 0.184. The van der Waals surface area contributed by atoms with Crippen LogP contribution in [0.2, 0.25) is 25.7 Å². The topological polar surface area (TPSA) is 98.9 Å². The highest BCUT2D eigenvalue weighted by Gasteiger charge is 2.39. The lowest BCUT2D eigenvalue weighted by molar-refractivity contribution is -0.189. The van der Waals surface area contributed by atoms with E-state index in [1.54, 1.807) is 0 Å². The van der Waals surface area contributed by atoms with Gasteiger partial charge in [-0.05, 0) is 71.4 Å². The SMILES string of the molecule is CN(C(=O)O)c1ccc(-c2cnc(C3CC(OC4CCCCO4)c4cc(Br)cnc43)n2COCC[Si](C)(C)C)cc1. The Morgan fingerprint density at radius 3 is 2.66 bits per heavy atom. The Kier molecular flexibility index (Phi) is 9.29. The minimum absolute atomic E-state index is 0.0709. The normalized spacial score (nSPS) is 20.7. The van der Waals surface area contributed by atoms with Crippen molar-refractivity contribution in [1.29, 1.82) is 0 Å². The van der Waals surface area contributed by atoms with E-state index in [9.17, 15) is 9.90 Å². The number of aromatic nitrogens is 3. The summed E-state index contributed by atoms with van der Waals surface area (Å²) in [7, 11) is 0.282. The molecule has 0 radical (unpaired) electrons. The Hall–Kier alpha value is -2.57. The molecule has 3 aromatic rings. The second kappa shape index (κ2) is 12.7. The van der Waals surface area contributed by atoms with Gasteiger partial charge in [-0.2, -0.15) is 0 Å². The average molecular weight is 644 g/mol. The molecular formula is C30H39BrN4O5Si. The number of anilines is 1. The highest BCUT2D eigenvalue weighted by molar-refractivity contribution is 9.10. The van der Waals surface area contributed by atoms with Gasteiger partial charge in [0.1, 0.15) is 12.6 Å². The summed E-state index contributed by atoms with van der Waals surface area (Å²) in [6.45, 7) is 8.81. The zero-order valence-corrected chi connectivity index (χ0v) is 26.8. The first-order valence-corrected chi connectivity index (χ1v) is 18.7. The molecule has 9 nitrogen and oxygen atoms in total. The van der Waals surface area contributed by atoms with E-state index < -0.39 is 14.2 Å². The Labute approximate surface area is 251 Å². The molecule has 1 N–H and O–H groups in total. The van der Waals surface area contributed by atoms with Gasteiger partial charge in [0, 0.05) is 50.3 Å². The fourth-order valence-corrected chi connectivity index (χ4v) is 6.47. The molecule has 1 saturated heterocycles. The van der Waals surface area contributed by atoms with Crippen molar-refractivity contribution < 1.29 is 24.1 Å². The van der Waals surface area contributed by atoms with Crippen molar-refractivity contribution in [2.45, 2.75) is 76.4 Å². The van der Waals surface area contributed by atoms with Crippen molar-refractivity contribution in [2.75, 3.05) is 25.2 Å². The van der Waals surface area contributed by atoms with Crippen LogP contribution in [-0.2, 0) is 20.9 Å². The van der Waals surface area contributed by atoms with Crippen LogP contribution < -0.4 is 4.90 Å². The van der Waals surface area contributed by atoms with E-state index in [1.807, 2.05) is 36.7 Å². The first-order valence-electron chi connectivity index (χ1n) is 14.2. The highest BCUT2D eigenvalue weighted by atomic mass is 79.9. The molecule has 41 heavy (non-hydrogen) atoms. The zero-order valence-electron chi connectivity index (χ0n) is 24.2. The van der Waals surface area contributed by atoms with Gasteiger partial charge in [0.05, 0.1) is 29.6 Å². The number of carboxylic acid groups (broad SMARTS) is 1. The minimum Gasteiger partial charge on any atom is -0.465 e. The number of hydrogen-bond acceptors (Lipinski definition) is 6. The number of halogens is 1. The van der Waals surface area contributed by atoms with E-state index in [0.717, 1.165) is 64.7 Å². The number of ether oxygens (including phenoxy) is 3. The smallest absolute Gasteiger partial charge is 0.411 e. The van der Waals surface area contributed by atoms with Crippen molar-refractivity contribution in [1.82, 2.24) is 14.5 Å². The van der Waals surface area contributed by atoms with Crippen LogP contribution in [0, 0.1) is 0 Å². The van der Waals surface area contributed by atoms with E-state index >= 15 is 0 Å². The lowest BCUT2D eigenvalue weighted by Crippen LogP contribution is -2.24. The monoisotopic (exact) mass is 642 g/mol. The summed E-state index contributed by atoms with van der Waals surface area (Å²) in [4.78, 5) is 22.4. The number of pyridine rings is 1. The summed E-state index contributed by atoms with van der Waals surface area (Å²) >= 11 is 3.60. The number of rotatable bonds is 10. The van der Waals surface area contributed by atoms with Gasteiger partial charge in [-0.25, -0.2) is 9.78 Å². The van der Waals surface area contributed by atoms with Gasteiger partial charge < -0.3 is 23.9 Å². The molecule has 2 aromatic heterocycles. The standard InChI is InChI=1S/C30H39BrN4O5Si/c1-34(30(36)37)22-10-8-20(9-11-22)25-18-33-29(35(25)19-38-13-14-41(2,3)4)24-16-26(40-27-7-5-6-12-39-27)23-15-21(31)17-32-28(23)24/h8-11,15,17-18,24,26-27H,5-7,12-14,16,19H2,1-4H3,(H,36,37). The van der Waals surface area contributed by atoms with E-state index in [0.29, 0.717) is 25.4 Å². The lowest BCUT2D eigenvalue weighted by atomic mass is 10.1. The number of carbonyl (C=O) groups is 1. The number of imidazole rings is 1. The van der Waals surface area contributed by atoms with Crippen LogP contribution in [0.4, 0.5) is 10.5 Å². The van der Waals surface area contributed by atoms with Gasteiger partial charge in [-0.3, -0.25) is 9.88 Å². The first-order chi connectivity index (χ1) is 19.6. The van der Waals surface area contributed by atoms with Gasteiger partial charge in [0.15, 0.2) is 6.29 Å². The third-order valence-corrected chi connectivity index (χ3v) is 9.89. The summed E-state index contributed by atoms with van der Waals surface area (Å²) in [5.74, 6) is 0.810. The van der Waals surface area contributed by atoms with Crippen LogP contribution >= 0.6 is 15.9 Å². The third kappa shape index (κ3) is 7.08. The average Bonchev–Trinajstić information content (AvgIpc) is 3.51. The van der Waals surface area contributed by atoms with Crippen molar-refractivity contribution in [2.24, 2.45) is 0 Å². The summed E-state index contributed by atoms with van der Waals surface area (Å²) in [5.41, 5.74) is 4.48. The van der Waals surface area contributed by atoms with Crippen LogP contribution in [0.25, 0.3) is 11.3 Å². The number of benzene rings is 1. The van der Waals surface area contributed by atoms with E-state index in [1.165, 1.54) is 11.9 Å². The Morgan fingerprint density at radius 1 is 1.20 bits per heavy atom. The summed E-state index contributed by atoms with van der Waals surface area (Å²) in [5, 5.41) is 9.36. The molecular weight excluding hydrogens is 604 g/mol. The molecule has 1 aliphatic heterocycles. The molecule has 3 unspecified atom stereocenters. The second-order valence-electron chi connectivity index (χ2n) is 12.0. The van der Waals surface area contributed by atoms with Gasteiger partial charge in [0.2, 0.25) is 0 Å². The molecule has 220 valence electrons. The molecule has 0 saturated carbocycles. The van der Waals surface area contributed by atoms with Crippen LogP contribution in [0.15, 0.2) is 47.2 Å². The van der Waals surface area contributed by atoms with Gasteiger partial charge >= 0.3 is 6.09 Å². The van der Waals surface area contributed by atoms with E-state index in [4.69, 9.17) is 24.2 Å². The lowest BCUT2D eigenvalue weighted by Gasteiger charge is -2.26. The maximum Gasteiger partial charge on any atom is 0.411 e. The molecule has 5 rings (SSSR count). The summed E-state index contributed by atoms with van der Waals surface area (Å²) in [6.07, 6.45) is 6.15. The molecule has 11 heteroatoms. The largest absolute Gasteiger partial charge is 0.465 e. The number of fused-ring (bicyclic) bond motifs is 1. The zero-order chi connectivity index (χ0) is 29.1. The Bertz CT molecular complexity index is 1350. The molecule has 3 heterocycles. The van der Waals surface area contributed by atoms with E-state index in [-0.39, 0.29) is 18.3 Å². The Morgan fingerprint density at radius 2 is 1.98 bits per heavy atom. The molecule has 3 atom stereocenters. The number of nitrogens with zero attached hydrogens (tertiary/aromatic N) is 4. The fourth-order valence-electron chi connectivity index (χ4n) is 5.36. The van der Waals surface area contributed by atoms with Gasteiger partial charge in [0.25, 0.3) is 0 Å². The molecule has 1 fully saturated rings. The van der Waals surface area contributed by atoms with Crippen molar-refractivity contribution in [3.63, 3.8) is 0 Å². The van der Waals surface area contributed by atoms with E-state index in [2.05, 4.69) is 46.2 Å². The van der Waals surface area contributed by atoms with Crippen LogP contribution in [-0.4, -0.2) is 60.4 Å². The van der Waals surface area contributed by atoms with Crippen molar-refractivity contribution >= 4 is 35.8 Å². The van der Waals surface area contributed by atoms with Crippen molar-refractivity contribution in [3.05, 3.63) is 64.3 Å². The fraction of sp³-hybridized carbons (Fsp3) is 0.500. The first kappa shape index (κ1) is 29.9. The molecule has 0 spiro atoms. The maximum atomic E-state index is 11.4. The molecule has 1 amide bonds. The predicted octanol–water partition coefficient (Wildman–Crippen LogP) is 7.25. The van der Waals surface area contributed by atoms with Gasteiger partial charge in [-0.1, -0.05) is 31.8 Å². The summed E-state index contributed by atoms with van der Waals surface area (Å²) in [6, 6.07) is 10.7. The molecule has 1 aromatic carbocycles. The molecule has 0 bridgehead atoms. The van der Waals surface area contributed by atoms with Crippen LogP contribution in [0.5, 0.6) is 0 Å². The predicted molar refractivity (Wildman–Crippen MR) is 164 cm³/mol. The molecule has 1 aliphatic carbocycles. The highest BCUT2D eigenvalue weighted by Crippen LogP contribution is 2.46. The van der Waals surface area contributed by atoms with Crippen molar-refractivity contribution in [3.8, 4) is 11.3 Å².